The summed E-state index contributed by atoms with van der Waals surface area (Å²) >= 11 is 0. The maximum Gasteiger partial charge on any atom is 0.256 e. The van der Waals surface area contributed by atoms with Gasteiger partial charge in [-0.2, -0.15) is 0 Å². The summed E-state index contributed by atoms with van der Waals surface area (Å²) in [6.07, 6.45) is 9.06. The van der Waals surface area contributed by atoms with Crippen molar-refractivity contribution in [2.45, 2.75) is 71.6 Å². The van der Waals surface area contributed by atoms with Gasteiger partial charge in [0, 0.05) is 44.0 Å². The molecule has 0 saturated carbocycles. The third-order valence-corrected chi connectivity index (χ3v) is 7.91. The Balaban J connectivity index is 1.47. The fourth-order valence-electron chi connectivity index (χ4n) is 5.53. The van der Waals surface area contributed by atoms with E-state index in [2.05, 4.69) is 60.5 Å². The molecule has 0 aromatic heterocycles. The van der Waals surface area contributed by atoms with Gasteiger partial charge in [0.25, 0.3) is 5.91 Å². The Morgan fingerprint density at radius 2 is 1.64 bits per heavy atom. The number of amides is 2. The Labute approximate surface area is 217 Å². The summed E-state index contributed by atoms with van der Waals surface area (Å²) in [6.45, 7) is 7.94. The van der Waals surface area contributed by atoms with E-state index in [0.29, 0.717) is 18.3 Å². The lowest BCUT2D eigenvalue weighted by Crippen LogP contribution is -2.40. The number of rotatable bonds is 9. The molecule has 2 saturated heterocycles. The van der Waals surface area contributed by atoms with Crippen molar-refractivity contribution in [3.05, 3.63) is 59.7 Å². The van der Waals surface area contributed by atoms with Gasteiger partial charge >= 0.3 is 0 Å². The number of carbonyl (C=O) groups excluding carboxylic acids is 2. The van der Waals surface area contributed by atoms with Crippen LogP contribution >= 0.6 is 0 Å². The molecule has 36 heavy (non-hydrogen) atoms. The Bertz CT molecular complexity index is 990. The Morgan fingerprint density at radius 3 is 2.33 bits per heavy atom. The Kier molecular flexibility index (Phi) is 9.43. The van der Waals surface area contributed by atoms with Gasteiger partial charge < -0.3 is 15.1 Å². The summed E-state index contributed by atoms with van der Waals surface area (Å²) in [5.74, 6) is 1.48. The molecule has 2 heterocycles. The second kappa shape index (κ2) is 12.9. The maximum atomic E-state index is 13.7. The van der Waals surface area contributed by atoms with Crippen LogP contribution in [0.4, 0.5) is 11.4 Å². The molecule has 2 aliphatic rings. The first-order valence-corrected chi connectivity index (χ1v) is 14.1. The minimum atomic E-state index is 0.0307. The smallest absolute Gasteiger partial charge is 0.256 e. The number of nitrogens with zero attached hydrogens (tertiary/aromatic N) is 2. The number of likely N-dealkylation sites (tertiary alicyclic amines) is 1. The highest BCUT2D eigenvalue weighted by molar-refractivity contribution is 6.02. The van der Waals surface area contributed by atoms with E-state index in [4.69, 9.17) is 0 Å². The lowest BCUT2D eigenvalue weighted by atomic mass is 9.89. The second-order valence-corrected chi connectivity index (χ2v) is 10.8. The van der Waals surface area contributed by atoms with Crippen LogP contribution in [-0.4, -0.2) is 42.9 Å². The van der Waals surface area contributed by atoms with Crippen molar-refractivity contribution in [3.8, 4) is 0 Å². The van der Waals surface area contributed by atoms with Crippen molar-refractivity contribution in [1.82, 2.24) is 4.90 Å². The molecule has 0 atom stereocenters. The van der Waals surface area contributed by atoms with Crippen LogP contribution in [0.25, 0.3) is 0 Å². The van der Waals surface area contributed by atoms with Gasteiger partial charge in [-0.05, 0) is 74.1 Å². The van der Waals surface area contributed by atoms with E-state index in [9.17, 15) is 9.59 Å². The molecule has 5 nitrogen and oxygen atoms in total. The molecule has 0 unspecified atom stereocenters. The molecule has 0 spiro atoms. The monoisotopic (exact) mass is 489 g/mol. The molecule has 0 radical (unpaired) electrons. The van der Waals surface area contributed by atoms with E-state index >= 15 is 0 Å². The van der Waals surface area contributed by atoms with E-state index in [1.54, 1.807) is 0 Å². The van der Waals surface area contributed by atoms with Crippen molar-refractivity contribution in [3.63, 3.8) is 0 Å². The zero-order valence-corrected chi connectivity index (χ0v) is 22.2. The van der Waals surface area contributed by atoms with Crippen LogP contribution in [0.1, 0.15) is 81.1 Å². The molecule has 1 N–H and O–H groups in total. The average Bonchev–Trinajstić information content (AvgIpc) is 2.90. The molecule has 194 valence electrons. The number of hydrogen-bond donors (Lipinski definition) is 1. The largest absolute Gasteiger partial charge is 0.371 e. The number of anilines is 2. The third kappa shape index (κ3) is 7.11. The number of piperidine rings is 2. The van der Waals surface area contributed by atoms with Crippen molar-refractivity contribution >= 4 is 23.2 Å². The first-order chi connectivity index (χ1) is 17.5. The molecule has 2 amide bonds. The minimum absolute atomic E-state index is 0.0307. The van der Waals surface area contributed by atoms with Crippen LogP contribution in [0.2, 0.25) is 0 Å². The summed E-state index contributed by atoms with van der Waals surface area (Å²) < 4.78 is 0. The SMILES string of the molecule is CCCCCC(=O)Nc1ccc(N2CCC(Cc3ccccc3)CC2)c(C(=O)N2CCC(C)CC2)c1. The third-order valence-electron chi connectivity index (χ3n) is 7.91. The van der Waals surface area contributed by atoms with Gasteiger partial charge in [0.2, 0.25) is 5.91 Å². The highest BCUT2D eigenvalue weighted by Crippen LogP contribution is 2.32. The molecule has 2 aliphatic heterocycles. The van der Waals surface area contributed by atoms with Gasteiger partial charge in [-0.15, -0.1) is 0 Å². The summed E-state index contributed by atoms with van der Waals surface area (Å²) in [6, 6.07) is 16.7. The molecule has 0 aliphatic carbocycles. The number of carbonyl (C=O) groups is 2. The van der Waals surface area contributed by atoms with Gasteiger partial charge in [0.15, 0.2) is 0 Å². The van der Waals surface area contributed by atoms with Crippen molar-refractivity contribution in [1.29, 1.82) is 0 Å². The van der Waals surface area contributed by atoms with E-state index < -0.39 is 0 Å². The van der Waals surface area contributed by atoms with Crippen LogP contribution in [0.3, 0.4) is 0 Å². The lowest BCUT2D eigenvalue weighted by molar-refractivity contribution is -0.116. The standard InChI is InChI=1S/C31H43N3O2/c1-3-4-6-11-30(35)32-27-12-13-29(28(23-27)31(36)34-18-14-24(2)15-19-34)33-20-16-26(17-21-33)22-25-9-7-5-8-10-25/h5,7-10,12-13,23-24,26H,3-4,6,11,14-22H2,1-2H3,(H,32,35). The molecule has 2 fully saturated rings. The van der Waals surface area contributed by atoms with Gasteiger partial charge in [0.1, 0.15) is 0 Å². The lowest BCUT2D eigenvalue weighted by Gasteiger charge is -2.36. The number of hydrogen-bond acceptors (Lipinski definition) is 3. The zero-order chi connectivity index (χ0) is 25.3. The molecule has 4 rings (SSSR count). The van der Waals surface area contributed by atoms with Gasteiger partial charge in [-0.3, -0.25) is 9.59 Å². The van der Waals surface area contributed by atoms with Crippen molar-refractivity contribution < 1.29 is 9.59 Å². The summed E-state index contributed by atoms with van der Waals surface area (Å²) in [5.41, 5.74) is 3.89. The first-order valence-electron chi connectivity index (χ1n) is 14.1. The molecule has 2 aromatic rings. The molecule has 5 heteroatoms. The average molecular weight is 490 g/mol. The highest BCUT2D eigenvalue weighted by atomic mass is 16.2. The predicted octanol–water partition coefficient (Wildman–Crippen LogP) is 6.54. The van der Waals surface area contributed by atoms with Crippen LogP contribution in [0.5, 0.6) is 0 Å². The number of unbranched alkanes of at least 4 members (excludes halogenated alkanes) is 2. The fourth-order valence-corrected chi connectivity index (χ4v) is 5.53. The van der Waals surface area contributed by atoms with Crippen molar-refractivity contribution in [2.75, 3.05) is 36.4 Å². The Hall–Kier alpha value is -2.82. The van der Waals surface area contributed by atoms with Crippen molar-refractivity contribution in [2.24, 2.45) is 11.8 Å². The van der Waals surface area contributed by atoms with E-state index in [1.807, 2.05) is 17.0 Å². The Morgan fingerprint density at radius 1 is 0.917 bits per heavy atom. The number of benzene rings is 2. The van der Waals surface area contributed by atoms with Gasteiger partial charge in [0.05, 0.1) is 5.56 Å². The quantitative estimate of drug-likeness (QED) is 0.407. The number of nitrogens with one attached hydrogen (secondary N) is 1. The molecular weight excluding hydrogens is 446 g/mol. The first kappa shape index (κ1) is 26.2. The molecular formula is C31H43N3O2. The van der Waals surface area contributed by atoms with Crippen LogP contribution in [-0.2, 0) is 11.2 Å². The summed E-state index contributed by atoms with van der Waals surface area (Å²) in [7, 11) is 0. The van der Waals surface area contributed by atoms with E-state index in [-0.39, 0.29) is 11.8 Å². The molecule has 2 aromatic carbocycles. The van der Waals surface area contributed by atoms with Crippen LogP contribution < -0.4 is 10.2 Å². The maximum absolute atomic E-state index is 13.7. The normalized spacial score (nSPS) is 17.3. The van der Waals surface area contributed by atoms with Crippen LogP contribution in [0.15, 0.2) is 48.5 Å². The second-order valence-electron chi connectivity index (χ2n) is 10.8. The van der Waals surface area contributed by atoms with E-state index in [1.165, 1.54) is 5.56 Å². The zero-order valence-electron chi connectivity index (χ0n) is 22.2. The minimum Gasteiger partial charge on any atom is -0.371 e. The van der Waals surface area contributed by atoms with Gasteiger partial charge in [-0.1, -0.05) is 57.0 Å². The predicted molar refractivity (Wildman–Crippen MR) is 149 cm³/mol. The topological polar surface area (TPSA) is 52.7 Å². The van der Waals surface area contributed by atoms with E-state index in [0.717, 1.165) is 94.5 Å². The summed E-state index contributed by atoms with van der Waals surface area (Å²) in [5, 5.41) is 3.04. The fraction of sp³-hybridized carbons (Fsp3) is 0.548. The van der Waals surface area contributed by atoms with Crippen LogP contribution in [0, 0.1) is 11.8 Å². The molecule has 0 bridgehead atoms. The van der Waals surface area contributed by atoms with Gasteiger partial charge in [-0.25, -0.2) is 0 Å². The highest BCUT2D eigenvalue weighted by Gasteiger charge is 2.27. The summed E-state index contributed by atoms with van der Waals surface area (Å²) in [4.78, 5) is 30.6.